The topological polar surface area (TPSA) is 100 Å². The molecule has 1 N–H and O–H groups in total. The minimum Gasteiger partial charge on any atom is -0.497 e. The van der Waals surface area contributed by atoms with E-state index in [1.54, 1.807) is 26.4 Å². The van der Waals surface area contributed by atoms with Crippen LogP contribution < -0.4 is 19.5 Å². The molecule has 0 bridgehead atoms. The van der Waals surface area contributed by atoms with Gasteiger partial charge in [-0.15, -0.1) is 10.2 Å². The van der Waals surface area contributed by atoms with Gasteiger partial charge in [0.2, 0.25) is 11.7 Å². The fourth-order valence-corrected chi connectivity index (χ4v) is 2.74. The zero-order valence-electron chi connectivity index (χ0n) is 16.5. The molecule has 0 aliphatic carbocycles. The number of hydrogen-bond donors (Lipinski definition) is 1. The molecule has 0 unspecified atom stereocenters. The van der Waals surface area contributed by atoms with Crippen LogP contribution in [-0.2, 0) is 17.9 Å². The largest absolute Gasteiger partial charge is 0.497 e. The Balaban J connectivity index is 1.56. The van der Waals surface area contributed by atoms with Gasteiger partial charge in [0.05, 0.1) is 20.3 Å². The maximum absolute atomic E-state index is 12.4. The van der Waals surface area contributed by atoms with Gasteiger partial charge in [-0.1, -0.05) is 18.2 Å². The Morgan fingerprint density at radius 3 is 2.62 bits per heavy atom. The van der Waals surface area contributed by atoms with E-state index in [0.29, 0.717) is 23.1 Å². The van der Waals surface area contributed by atoms with Crippen molar-refractivity contribution >= 4 is 5.91 Å². The number of nitrogens with one attached hydrogen (secondary N) is 1. The van der Waals surface area contributed by atoms with Crippen LogP contribution >= 0.6 is 0 Å². The van der Waals surface area contributed by atoms with Gasteiger partial charge in [0, 0.05) is 5.56 Å². The van der Waals surface area contributed by atoms with Crippen LogP contribution in [0.4, 0.5) is 0 Å². The van der Waals surface area contributed by atoms with Gasteiger partial charge in [-0.05, 0) is 42.5 Å². The highest BCUT2D eigenvalue weighted by molar-refractivity contribution is 5.76. The molecule has 0 spiro atoms. The van der Waals surface area contributed by atoms with Crippen molar-refractivity contribution < 1.29 is 19.0 Å². The third kappa shape index (κ3) is 5.44. The molecule has 0 saturated heterocycles. The molecule has 9 heteroatoms. The molecule has 3 aromatic rings. The summed E-state index contributed by atoms with van der Waals surface area (Å²) in [7, 11) is 3.17. The second-order valence-corrected chi connectivity index (χ2v) is 6.23. The number of benzene rings is 2. The fourth-order valence-electron chi connectivity index (χ4n) is 2.74. The van der Waals surface area contributed by atoms with Gasteiger partial charge in [-0.2, -0.15) is 4.80 Å². The van der Waals surface area contributed by atoms with Gasteiger partial charge in [-0.25, -0.2) is 0 Å². The van der Waals surface area contributed by atoms with Gasteiger partial charge in [0.15, 0.2) is 6.61 Å². The normalized spacial score (nSPS) is 11.6. The van der Waals surface area contributed by atoms with Gasteiger partial charge < -0.3 is 19.5 Å². The monoisotopic (exact) mass is 397 g/mol. The predicted octanol–water partition coefficient (Wildman–Crippen LogP) is 2.15. The van der Waals surface area contributed by atoms with Gasteiger partial charge in [0.25, 0.3) is 0 Å². The number of rotatable bonds is 9. The number of nitrogens with zero attached hydrogens (tertiary/aromatic N) is 4. The van der Waals surface area contributed by atoms with E-state index in [-0.39, 0.29) is 25.1 Å². The molecule has 2 aromatic carbocycles. The quantitative estimate of drug-likeness (QED) is 0.590. The Morgan fingerprint density at radius 2 is 1.90 bits per heavy atom. The highest BCUT2D eigenvalue weighted by Gasteiger charge is 2.16. The Kier molecular flexibility index (Phi) is 6.62. The molecule has 3 rings (SSSR count). The Morgan fingerprint density at radius 1 is 1.10 bits per heavy atom. The van der Waals surface area contributed by atoms with E-state index in [0.717, 1.165) is 5.56 Å². The first-order chi connectivity index (χ1) is 14.1. The van der Waals surface area contributed by atoms with Crippen LogP contribution in [0.3, 0.4) is 0 Å². The number of methoxy groups -OCH3 is 2. The molecule has 0 aliphatic rings. The molecule has 0 saturated carbocycles. The van der Waals surface area contributed by atoms with E-state index in [1.807, 2.05) is 43.3 Å². The molecule has 0 radical (unpaired) electrons. The van der Waals surface area contributed by atoms with Crippen LogP contribution in [0.2, 0.25) is 0 Å². The molecule has 1 atom stereocenters. The maximum atomic E-state index is 12.4. The van der Waals surface area contributed by atoms with Crippen molar-refractivity contribution in [2.45, 2.75) is 26.1 Å². The van der Waals surface area contributed by atoms with Crippen LogP contribution in [-0.4, -0.2) is 40.3 Å². The zero-order valence-corrected chi connectivity index (χ0v) is 16.5. The summed E-state index contributed by atoms with van der Waals surface area (Å²) in [6.45, 7) is 1.97. The number of ether oxygens (including phenoxy) is 3. The van der Waals surface area contributed by atoms with E-state index >= 15 is 0 Å². The smallest absolute Gasteiger partial charge is 0.244 e. The SMILES string of the molecule is COc1ccc(OC)c([C@@H](C)NC(=O)Cn2nnc(COc3ccccc3)n2)c1. The second-order valence-electron chi connectivity index (χ2n) is 6.23. The molecule has 9 nitrogen and oxygen atoms in total. The average molecular weight is 397 g/mol. The molecule has 29 heavy (non-hydrogen) atoms. The molecular formula is C20H23N5O4. The van der Waals surface area contributed by atoms with E-state index in [4.69, 9.17) is 14.2 Å². The molecular weight excluding hydrogens is 374 g/mol. The fraction of sp³-hybridized carbons (Fsp3) is 0.300. The van der Waals surface area contributed by atoms with Crippen LogP contribution in [0.5, 0.6) is 17.2 Å². The first kappa shape index (κ1) is 20.1. The number of para-hydroxylation sites is 1. The Bertz CT molecular complexity index is 945. The van der Waals surface area contributed by atoms with E-state index < -0.39 is 0 Å². The average Bonchev–Trinajstić information content (AvgIpc) is 3.19. The van der Waals surface area contributed by atoms with Crippen LogP contribution in [0, 0.1) is 0 Å². The van der Waals surface area contributed by atoms with Gasteiger partial charge in [-0.3, -0.25) is 4.79 Å². The molecule has 1 heterocycles. The second kappa shape index (κ2) is 9.54. The summed E-state index contributed by atoms with van der Waals surface area (Å²) in [6, 6.07) is 14.5. The highest BCUT2D eigenvalue weighted by Crippen LogP contribution is 2.29. The van der Waals surface area contributed by atoms with Crippen LogP contribution in [0.25, 0.3) is 0 Å². The highest BCUT2D eigenvalue weighted by atomic mass is 16.5. The summed E-state index contributed by atoms with van der Waals surface area (Å²) in [5.74, 6) is 2.20. The Hall–Kier alpha value is -3.62. The third-order valence-electron chi connectivity index (χ3n) is 4.17. The molecule has 1 amide bonds. The number of hydrogen-bond acceptors (Lipinski definition) is 7. The van der Waals surface area contributed by atoms with Crippen molar-refractivity contribution in [1.82, 2.24) is 25.5 Å². The first-order valence-electron chi connectivity index (χ1n) is 9.05. The minimum absolute atomic E-state index is 0.0606. The summed E-state index contributed by atoms with van der Waals surface area (Å²) in [4.78, 5) is 13.6. The lowest BCUT2D eigenvalue weighted by molar-refractivity contribution is -0.122. The lowest BCUT2D eigenvalue weighted by atomic mass is 10.1. The van der Waals surface area contributed by atoms with Crippen molar-refractivity contribution in [3.63, 3.8) is 0 Å². The minimum atomic E-state index is -0.294. The van der Waals surface area contributed by atoms with Crippen molar-refractivity contribution in [3.8, 4) is 17.2 Å². The summed E-state index contributed by atoms with van der Waals surface area (Å²) < 4.78 is 16.2. The zero-order chi connectivity index (χ0) is 20.6. The van der Waals surface area contributed by atoms with Gasteiger partial charge in [0.1, 0.15) is 23.8 Å². The van der Waals surface area contributed by atoms with Gasteiger partial charge >= 0.3 is 0 Å². The van der Waals surface area contributed by atoms with Crippen molar-refractivity contribution in [3.05, 3.63) is 59.9 Å². The van der Waals surface area contributed by atoms with E-state index in [1.165, 1.54) is 4.80 Å². The number of amides is 1. The number of carbonyl (C=O) groups is 1. The Labute approximate surface area is 168 Å². The number of tetrazole rings is 1. The molecule has 0 fully saturated rings. The van der Waals surface area contributed by atoms with E-state index in [9.17, 15) is 4.79 Å². The summed E-state index contributed by atoms with van der Waals surface area (Å²) in [5.41, 5.74) is 0.809. The molecule has 1 aromatic heterocycles. The van der Waals surface area contributed by atoms with Crippen molar-refractivity contribution in [1.29, 1.82) is 0 Å². The van der Waals surface area contributed by atoms with Crippen LogP contribution in [0.15, 0.2) is 48.5 Å². The maximum Gasteiger partial charge on any atom is 0.244 e. The molecule has 0 aliphatic heterocycles. The standard InChI is InChI=1S/C20H23N5O4/c1-14(17-11-16(27-2)9-10-18(17)28-3)21-20(26)12-25-23-19(22-24-25)13-29-15-7-5-4-6-8-15/h4-11,14H,12-13H2,1-3H3,(H,21,26)/t14-/m1/s1. The number of aromatic nitrogens is 4. The lowest BCUT2D eigenvalue weighted by Crippen LogP contribution is -2.31. The van der Waals surface area contributed by atoms with Crippen molar-refractivity contribution in [2.24, 2.45) is 0 Å². The van der Waals surface area contributed by atoms with Crippen molar-refractivity contribution in [2.75, 3.05) is 14.2 Å². The lowest BCUT2D eigenvalue weighted by Gasteiger charge is -2.18. The predicted molar refractivity (Wildman–Crippen MR) is 105 cm³/mol. The van der Waals surface area contributed by atoms with Crippen LogP contribution in [0.1, 0.15) is 24.4 Å². The summed E-state index contributed by atoms with van der Waals surface area (Å²) in [6.07, 6.45) is 0. The number of carbonyl (C=O) groups excluding carboxylic acids is 1. The first-order valence-corrected chi connectivity index (χ1v) is 9.05. The van der Waals surface area contributed by atoms with E-state index in [2.05, 4.69) is 20.7 Å². The third-order valence-corrected chi connectivity index (χ3v) is 4.17. The summed E-state index contributed by atoms with van der Waals surface area (Å²) in [5, 5.41) is 14.9. The summed E-state index contributed by atoms with van der Waals surface area (Å²) >= 11 is 0. The molecule has 152 valence electrons.